The Bertz CT molecular complexity index is 693. The van der Waals surface area contributed by atoms with E-state index >= 15 is 0 Å². The van der Waals surface area contributed by atoms with E-state index in [9.17, 15) is 5.11 Å². The fraction of sp³-hybridized carbons (Fsp3) is 0.591. The zero-order valence-corrected chi connectivity index (χ0v) is 16.7. The fourth-order valence-electron chi connectivity index (χ4n) is 3.80. The minimum absolute atomic E-state index is 0.197. The van der Waals surface area contributed by atoms with Gasteiger partial charge in [-0.15, -0.1) is 0 Å². The first kappa shape index (κ1) is 20.7. The molecule has 152 valence electrons. The van der Waals surface area contributed by atoms with Crippen LogP contribution in [0.4, 0.5) is 0 Å². The van der Waals surface area contributed by atoms with Crippen LogP contribution in [0, 0.1) is 17.2 Å². The first-order chi connectivity index (χ1) is 13.7. The molecule has 28 heavy (non-hydrogen) atoms. The van der Waals surface area contributed by atoms with Crippen molar-refractivity contribution in [2.75, 3.05) is 46.4 Å². The highest BCUT2D eigenvalue weighted by Gasteiger charge is 2.19. The van der Waals surface area contributed by atoms with Crippen LogP contribution in [-0.2, 0) is 6.54 Å². The van der Waals surface area contributed by atoms with Gasteiger partial charge in [0.15, 0.2) is 11.5 Å². The molecule has 1 unspecified atom stereocenters. The predicted molar refractivity (Wildman–Crippen MR) is 108 cm³/mol. The highest BCUT2D eigenvalue weighted by atomic mass is 16.5. The van der Waals surface area contributed by atoms with Crippen molar-refractivity contribution in [1.29, 1.82) is 5.26 Å². The monoisotopic (exact) mass is 385 g/mol. The summed E-state index contributed by atoms with van der Waals surface area (Å²) >= 11 is 0. The lowest BCUT2D eigenvalue weighted by molar-refractivity contribution is 0.0702. The third-order valence-electron chi connectivity index (χ3n) is 5.45. The molecule has 2 heterocycles. The van der Waals surface area contributed by atoms with Gasteiger partial charge in [0.2, 0.25) is 0 Å². The topological polar surface area (TPSA) is 69.0 Å². The Morgan fingerprint density at radius 1 is 1.18 bits per heavy atom. The summed E-state index contributed by atoms with van der Waals surface area (Å²) < 4.78 is 11.3. The molecule has 2 aliphatic rings. The van der Waals surface area contributed by atoms with E-state index in [4.69, 9.17) is 14.7 Å². The highest BCUT2D eigenvalue weighted by molar-refractivity contribution is 5.43. The normalized spacial score (nSPS) is 19.9. The van der Waals surface area contributed by atoms with Crippen molar-refractivity contribution >= 4 is 0 Å². The van der Waals surface area contributed by atoms with Crippen LogP contribution in [0.2, 0.25) is 0 Å². The van der Waals surface area contributed by atoms with Gasteiger partial charge in [-0.1, -0.05) is 18.2 Å². The molecule has 6 heteroatoms. The third-order valence-corrected chi connectivity index (χ3v) is 5.45. The Morgan fingerprint density at radius 2 is 2.00 bits per heavy atom. The molecule has 1 saturated heterocycles. The summed E-state index contributed by atoms with van der Waals surface area (Å²) in [6.45, 7) is 5.45. The van der Waals surface area contributed by atoms with E-state index in [1.165, 1.54) is 0 Å². The zero-order valence-electron chi connectivity index (χ0n) is 16.7. The number of piperidine rings is 1. The quantitative estimate of drug-likeness (QED) is 0.693. The molecular weight excluding hydrogens is 354 g/mol. The van der Waals surface area contributed by atoms with E-state index in [2.05, 4.69) is 34.1 Å². The maximum absolute atomic E-state index is 10.3. The van der Waals surface area contributed by atoms with E-state index in [1.54, 1.807) is 7.11 Å². The number of methoxy groups -OCH3 is 1. The molecule has 3 rings (SSSR count). The van der Waals surface area contributed by atoms with Gasteiger partial charge in [0, 0.05) is 32.1 Å². The molecule has 0 aromatic heterocycles. The summed E-state index contributed by atoms with van der Waals surface area (Å²) in [5.74, 6) is 1.55. The molecule has 1 N–H and O–H groups in total. The van der Waals surface area contributed by atoms with Crippen molar-refractivity contribution in [2.45, 2.75) is 31.9 Å². The second kappa shape index (κ2) is 10.5. The number of β-amino-alcohol motifs (C(OH)–C–C–N with tert-alkyl or cyclic N) is 1. The van der Waals surface area contributed by atoms with E-state index in [0.717, 1.165) is 57.5 Å². The minimum atomic E-state index is -0.537. The van der Waals surface area contributed by atoms with Crippen LogP contribution in [0.3, 0.4) is 0 Å². The van der Waals surface area contributed by atoms with Gasteiger partial charge in [0.05, 0.1) is 13.2 Å². The first-order valence-corrected chi connectivity index (χ1v) is 10.1. The van der Waals surface area contributed by atoms with Crippen molar-refractivity contribution in [3.63, 3.8) is 0 Å². The number of aliphatic hydroxyl groups excluding tert-OH is 1. The van der Waals surface area contributed by atoms with Crippen molar-refractivity contribution in [1.82, 2.24) is 9.80 Å². The van der Waals surface area contributed by atoms with Crippen LogP contribution < -0.4 is 9.47 Å². The van der Waals surface area contributed by atoms with Crippen LogP contribution >= 0.6 is 0 Å². The van der Waals surface area contributed by atoms with Gasteiger partial charge in [0.25, 0.3) is 0 Å². The number of nitrogens with zero attached hydrogens (tertiary/aromatic N) is 3. The van der Waals surface area contributed by atoms with E-state index < -0.39 is 6.10 Å². The minimum Gasteiger partial charge on any atom is -0.493 e. The SMILES string of the molecule is COc1ccc(CN2CCC(C#N)CC2)cc1OCC(O)CN1CC=CCC1. The Balaban J connectivity index is 1.53. The third kappa shape index (κ3) is 5.96. The molecule has 1 atom stereocenters. The molecule has 0 radical (unpaired) electrons. The maximum atomic E-state index is 10.3. The summed E-state index contributed by atoms with van der Waals surface area (Å²) in [6, 6.07) is 8.36. The van der Waals surface area contributed by atoms with E-state index in [0.29, 0.717) is 18.0 Å². The molecule has 0 aliphatic carbocycles. The van der Waals surface area contributed by atoms with Crippen molar-refractivity contribution in [3.05, 3.63) is 35.9 Å². The number of likely N-dealkylation sites (tertiary alicyclic amines) is 1. The molecule has 2 aliphatic heterocycles. The number of aliphatic hydroxyl groups is 1. The predicted octanol–water partition coefficient (Wildman–Crippen LogP) is 2.43. The standard InChI is InChI=1S/C22H31N3O3/c1-27-21-6-5-19(15-25-11-7-18(14-23)8-12-25)13-22(21)28-17-20(26)16-24-9-3-2-4-10-24/h2-3,5-6,13,18,20,26H,4,7-12,15-17H2,1H3. The lowest BCUT2D eigenvalue weighted by atomic mass is 9.98. The molecule has 0 saturated carbocycles. The zero-order chi connectivity index (χ0) is 19.8. The molecule has 0 bridgehead atoms. The Labute approximate surface area is 168 Å². The molecule has 6 nitrogen and oxygen atoms in total. The Hall–Kier alpha value is -2.07. The van der Waals surface area contributed by atoms with Gasteiger partial charge in [-0.2, -0.15) is 5.26 Å². The number of hydrogen-bond acceptors (Lipinski definition) is 6. The van der Waals surface area contributed by atoms with Crippen molar-refractivity contribution in [2.24, 2.45) is 5.92 Å². The smallest absolute Gasteiger partial charge is 0.161 e. The number of benzene rings is 1. The van der Waals surface area contributed by atoms with Gasteiger partial charge in [-0.05, 0) is 50.0 Å². The largest absolute Gasteiger partial charge is 0.493 e. The van der Waals surface area contributed by atoms with Gasteiger partial charge in [-0.3, -0.25) is 9.80 Å². The second-order valence-electron chi connectivity index (χ2n) is 7.65. The molecule has 0 amide bonds. The van der Waals surface area contributed by atoms with Crippen LogP contribution in [0.5, 0.6) is 11.5 Å². The summed E-state index contributed by atoms with van der Waals surface area (Å²) in [5.41, 5.74) is 1.15. The van der Waals surface area contributed by atoms with E-state index in [1.807, 2.05) is 12.1 Å². The van der Waals surface area contributed by atoms with Crippen LogP contribution in [-0.4, -0.2) is 67.5 Å². The van der Waals surface area contributed by atoms with Crippen LogP contribution in [0.15, 0.2) is 30.4 Å². The second-order valence-corrected chi connectivity index (χ2v) is 7.65. The summed E-state index contributed by atoms with van der Waals surface area (Å²) in [6.07, 6.45) is 6.70. The van der Waals surface area contributed by atoms with Gasteiger partial charge >= 0.3 is 0 Å². The number of nitriles is 1. The summed E-state index contributed by atoms with van der Waals surface area (Å²) in [5, 5.41) is 19.4. The summed E-state index contributed by atoms with van der Waals surface area (Å²) in [7, 11) is 1.63. The lowest BCUT2D eigenvalue weighted by Crippen LogP contribution is -2.37. The van der Waals surface area contributed by atoms with Crippen molar-refractivity contribution in [3.8, 4) is 17.6 Å². The first-order valence-electron chi connectivity index (χ1n) is 10.1. The molecule has 1 aromatic rings. The number of ether oxygens (including phenoxy) is 2. The average molecular weight is 386 g/mol. The Morgan fingerprint density at radius 3 is 2.68 bits per heavy atom. The number of rotatable bonds is 8. The summed E-state index contributed by atoms with van der Waals surface area (Å²) in [4.78, 5) is 4.60. The lowest BCUT2D eigenvalue weighted by Gasteiger charge is -2.29. The molecule has 0 spiro atoms. The van der Waals surface area contributed by atoms with Gasteiger partial charge < -0.3 is 14.6 Å². The van der Waals surface area contributed by atoms with Crippen LogP contribution in [0.25, 0.3) is 0 Å². The van der Waals surface area contributed by atoms with E-state index in [-0.39, 0.29) is 12.5 Å². The van der Waals surface area contributed by atoms with Crippen LogP contribution in [0.1, 0.15) is 24.8 Å². The Kier molecular flexibility index (Phi) is 7.72. The average Bonchev–Trinajstić information content (AvgIpc) is 2.73. The molecule has 1 aromatic carbocycles. The highest BCUT2D eigenvalue weighted by Crippen LogP contribution is 2.29. The molecular formula is C22H31N3O3. The maximum Gasteiger partial charge on any atom is 0.161 e. The fourth-order valence-corrected chi connectivity index (χ4v) is 3.80. The number of hydrogen-bond donors (Lipinski definition) is 1. The van der Waals surface area contributed by atoms with Gasteiger partial charge in [0.1, 0.15) is 12.7 Å². The van der Waals surface area contributed by atoms with Gasteiger partial charge in [-0.25, -0.2) is 0 Å². The molecule has 1 fully saturated rings. The van der Waals surface area contributed by atoms with Crippen molar-refractivity contribution < 1.29 is 14.6 Å².